The largest absolute Gasteiger partial charge is 0.497 e. The highest BCUT2D eigenvalue weighted by Gasteiger charge is 2.27. The van der Waals surface area contributed by atoms with E-state index in [1.165, 1.54) is 6.20 Å². The number of aliphatic imine (C=N–C) groups is 1. The first kappa shape index (κ1) is 19.5. The highest BCUT2D eigenvalue weighted by Crippen LogP contribution is 2.26. The second kappa shape index (κ2) is 8.60. The van der Waals surface area contributed by atoms with E-state index in [0.717, 1.165) is 29.8 Å². The lowest BCUT2D eigenvalue weighted by Crippen LogP contribution is -2.41. The van der Waals surface area contributed by atoms with Crippen LogP contribution in [0.1, 0.15) is 29.8 Å². The van der Waals surface area contributed by atoms with Crippen LogP contribution in [0.5, 0.6) is 5.75 Å². The number of nitrogens with two attached hydrogens (primary N) is 1. The van der Waals surface area contributed by atoms with Crippen molar-refractivity contribution in [2.75, 3.05) is 7.11 Å². The number of hydrogen-bond donors (Lipinski definition) is 2. The number of carbonyl (C=O) groups excluding carboxylic acids is 1. The van der Waals surface area contributed by atoms with Crippen LogP contribution in [0.4, 0.5) is 14.5 Å². The van der Waals surface area contributed by atoms with Crippen LogP contribution in [-0.4, -0.2) is 29.8 Å². The van der Waals surface area contributed by atoms with Gasteiger partial charge in [0.1, 0.15) is 11.6 Å². The second-order valence-electron chi connectivity index (χ2n) is 6.28. The summed E-state index contributed by atoms with van der Waals surface area (Å²) in [4.78, 5) is 20.6. The summed E-state index contributed by atoms with van der Waals surface area (Å²) < 4.78 is 32.0. The average Bonchev–Trinajstić information content (AvgIpc) is 2.68. The number of carbonyl (C=O) groups is 1. The van der Waals surface area contributed by atoms with Crippen molar-refractivity contribution < 1.29 is 18.3 Å². The van der Waals surface area contributed by atoms with Gasteiger partial charge in [0.25, 0.3) is 5.91 Å². The molecule has 1 heterocycles. The summed E-state index contributed by atoms with van der Waals surface area (Å²) in [5, 5.41) is 2.72. The number of pyridine rings is 1. The van der Waals surface area contributed by atoms with E-state index in [0.29, 0.717) is 24.5 Å². The lowest BCUT2D eigenvalue weighted by atomic mass is 9.88. The minimum atomic E-state index is -1.02. The molecule has 1 fully saturated rings. The Morgan fingerprint density at radius 1 is 1.36 bits per heavy atom. The van der Waals surface area contributed by atoms with Gasteiger partial charge in [0.15, 0.2) is 11.5 Å². The summed E-state index contributed by atoms with van der Waals surface area (Å²) in [6.07, 6.45) is 4.30. The fourth-order valence-corrected chi connectivity index (χ4v) is 3.08. The van der Waals surface area contributed by atoms with Gasteiger partial charge >= 0.3 is 0 Å². The zero-order valence-electron chi connectivity index (χ0n) is 15.3. The molecule has 3 N–H and O–H groups in total. The minimum Gasteiger partial charge on any atom is -0.497 e. The molecule has 1 aromatic carbocycles. The number of rotatable bonds is 4. The van der Waals surface area contributed by atoms with Crippen molar-refractivity contribution in [2.24, 2.45) is 10.7 Å². The minimum absolute atomic E-state index is 0.436. The molecule has 1 aliphatic rings. The third-order valence-electron chi connectivity index (χ3n) is 4.46. The normalized spacial score (nSPS) is 19.6. The van der Waals surface area contributed by atoms with E-state index in [-0.39, 0.29) is 0 Å². The number of ether oxygens (including phenoxy) is 1. The average molecular weight is 386 g/mol. The van der Waals surface area contributed by atoms with Crippen LogP contribution >= 0.6 is 0 Å². The van der Waals surface area contributed by atoms with Gasteiger partial charge in [0.05, 0.1) is 25.0 Å². The number of aromatic nitrogens is 1. The van der Waals surface area contributed by atoms with Crippen molar-refractivity contribution in [2.45, 2.75) is 25.3 Å². The van der Waals surface area contributed by atoms with Crippen LogP contribution in [0.2, 0.25) is 0 Å². The Morgan fingerprint density at radius 3 is 2.75 bits per heavy atom. The first-order valence-electron chi connectivity index (χ1n) is 8.77. The van der Waals surface area contributed by atoms with E-state index in [4.69, 9.17) is 10.5 Å². The molecular formula is C20H20F2N4O2. The molecule has 2 aromatic rings. The number of halogens is 2. The SMILES string of the molecule is COc1ccc(N=C2CCCC(NC(=O)c3ncc(F)cc3F)/C2=C/N)cc1. The molecule has 0 spiro atoms. The Kier molecular flexibility index (Phi) is 5.98. The molecule has 0 radical (unpaired) electrons. The first-order valence-corrected chi connectivity index (χ1v) is 8.77. The number of hydrogen-bond acceptors (Lipinski definition) is 5. The molecule has 1 unspecified atom stereocenters. The zero-order valence-corrected chi connectivity index (χ0v) is 15.3. The van der Waals surface area contributed by atoms with Crippen molar-refractivity contribution in [3.63, 3.8) is 0 Å². The van der Waals surface area contributed by atoms with Gasteiger partial charge in [-0.25, -0.2) is 13.8 Å². The highest BCUT2D eigenvalue weighted by molar-refractivity contribution is 6.04. The molecule has 1 amide bonds. The fraction of sp³-hybridized carbons (Fsp3) is 0.250. The molecule has 1 saturated carbocycles. The molecule has 1 aromatic heterocycles. The molecule has 0 bridgehead atoms. The summed E-state index contributed by atoms with van der Waals surface area (Å²) in [6, 6.07) is 7.43. The Labute approximate surface area is 161 Å². The standard InChI is InChI=1S/C20H20F2N4O2/c1-28-14-7-5-13(6-8-14)25-17-3-2-4-18(15(17)10-23)26-20(27)19-16(22)9-12(21)11-24-19/h5-11,18H,2-4,23H2,1H3,(H,26,27)/b15-10+,25-17?. The molecule has 0 saturated heterocycles. The third-order valence-corrected chi connectivity index (χ3v) is 4.46. The topological polar surface area (TPSA) is 89.6 Å². The van der Waals surface area contributed by atoms with Gasteiger partial charge in [-0.05, 0) is 43.5 Å². The van der Waals surface area contributed by atoms with Crippen molar-refractivity contribution in [3.8, 4) is 5.75 Å². The molecule has 0 aliphatic heterocycles. The van der Waals surface area contributed by atoms with Gasteiger partial charge in [-0.2, -0.15) is 0 Å². The van der Waals surface area contributed by atoms with Crippen LogP contribution < -0.4 is 15.8 Å². The summed E-state index contributed by atoms with van der Waals surface area (Å²) in [5.41, 5.74) is 7.47. The van der Waals surface area contributed by atoms with Crippen molar-refractivity contribution in [1.82, 2.24) is 10.3 Å². The van der Waals surface area contributed by atoms with E-state index in [1.54, 1.807) is 19.2 Å². The molecule has 3 rings (SSSR count). The van der Waals surface area contributed by atoms with Crippen LogP contribution in [0.25, 0.3) is 0 Å². The molecule has 1 atom stereocenters. The molecule has 28 heavy (non-hydrogen) atoms. The number of amides is 1. The maximum atomic E-state index is 13.8. The predicted molar refractivity (Wildman–Crippen MR) is 102 cm³/mol. The van der Waals surface area contributed by atoms with Crippen LogP contribution in [0, 0.1) is 11.6 Å². The number of nitrogens with one attached hydrogen (secondary N) is 1. The monoisotopic (exact) mass is 386 g/mol. The van der Waals surface area contributed by atoms with E-state index in [9.17, 15) is 13.6 Å². The van der Waals surface area contributed by atoms with Gasteiger partial charge < -0.3 is 15.8 Å². The van der Waals surface area contributed by atoms with Gasteiger partial charge in [0, 0.05) is 23.6 Å². The number of benzene rings is 1. The van der Waals surface area contributed by atoms with Crippen molar-refractivity contribution in [3.05, 3.63) is 65.6 Å². The van der Waals surface area contributed by atoms with E-state index in [2.05, 4.69) is 15.3 Å². The second-order valence-corrected chi connectivity index (χ2v) is 6.28. The summed E-state index contributed by atoms with van der Waals surface area (Å²) >= 11 is 0. The Bertz CT molecular complexity index is 926. The lowest BCUT2D eigenvalue weighted by Gasteiger charge is -2.27. The maximum absolute atomic E-state index is 13.8. The first-order chi connectivity index (χ1) is 13.5. The smallest absolute Gasteiger partial charge is 0.273 e. The Balaban J connectivity index is 1.80. The van der Waals surface area contributed by atoms with Crippen molar-refractivity contribution >= 4 is 17.3 Å². The maximum Gasteiger partial charge on any atom is 0.273 e. The molecular weight excluding hydrogens is 366 g/mol. The number of nitrogens with zero attached hydrogens (tertiary/aromatic N) is 2. The van der Waals surface area contributed by atoms with Gasteiger partial charge in [-0.15, -0.1) is 0 Å². The van der Waals surface area contributed by atoms with E-state index < -0.39 is 29.3 Å². The van der Waals surface area contributed by atoms with E-state index in [1.807, 2.05) is 12.1 Å². The molecule has 6 nitrogen and oxygen atoms in total. The lowest BCUT2D eigenvalue weighted by molar-refractivity contribution is 0.0931. The third kappa shape index (κ3) is 4.33. The van der Waals surface area contributed by atoms with Gasteiger partial charge in [-0.3, -0.25) is 9.79 Å². The Morgan fingerprint density at radius 2 is 2.11 bits per heavy atom. The molecule has 1 aliphatic carbocycles. The van der Waals surface area contributed by atoms with Crippen LogP contribution in [0.15, 0.2) is 53.3 Å². The summed E-state index contributed by atoms with van der Waals surface area (Å²) in [6.45, 7) is 0. The highest BCUT2D eigenvalue weighted by atomic mass is 19.1. The molecule has 146 valence electrons. The quantitative estimate of drug-likeness (QED) is 0.844. The zero-order chi connectivity index (χ0) is 20.1. The van der Waals surface area contributed by atoms with E-state index >= 15 is 0 Å². The fourth-order valence-electron chi connectivity index (χ4n) is 3.08. The van der Waals surface area contributed by atoms with Gasteiger partial charge in [0.2, 0.25) is 0 Å². The summed E-state index contributed by atoms with van der Waals surface area (Å²) in [7, 11) is 1.59. The van der Waals surface area contributed by atoms with Crippen LogP contribution in [-0.2, 0) is 0 Å². The van der Waals surface area contributed by atoms with Crippen LogP contribution in [0.3, 0.4) is 0 Å². The molecule has 8 heteroatoms. The Hall–Kier alpha value is -3.29. The predicted octanol–water partition coefficient (Wildman–Crippen LogP) is 3.27. The van der Waals surface area contributed by atoms with Gasteiger partial charge in [-0.1, -0.05) is 0 Å². The van der Waals surface area contributed by atoms with Crippen molar-refractivity contribution in [1.29, 1.82) is 0 Å². The number of methoxy groups -OCH3 is 1. The summed E-state index contributed by atoms with van der Waals surface area (Å²) in [5.74, 6) is -1.87.